The molecule has 1 fully saturated rings. The average molecular weight is 760 g/mol. The lowest BCUT2D eigenvalue weighted by molar-refractivity contribution is -0.176. The summed E-state index contributed by atoms with van der Waals surface area (Å²) in [6, 6.07) is 14.8. The molecule has 0 saturated carbocycles. The first-order valence-corrected chi connectivity index (χ1v) is 19.0. The second-order valence-electron chi connectivity index (χ2n) is 11.7. The number of thioether (sulfide) groups is 1. The molecule has 270 valence electrons. The largest absolute Gasteiger partial charge is 0.367 e. The van der Waals surface area contributed by atoms with Crippen molar-refractivity contribution in [2.24, 2.45) is 0 Å². The summed E-state index contributed by atoms with van der Waals surface area (Å²) >= 11 is 3.94. The van der Waals surface area contributed by atoms with Crippen molar-refractivity contribution in [2.45, 2.75) is 24.7 Å². The monoisotopic (exact) mass is 759 g/mol. The van der Waals surface area contributed by atoms with Gasteiger partial charge in [0.05, 0.1) is 37.5 Å². The minimum atomic E-state index is -0.750. The van der Waals surface area contributed by atoms with Crippen LogP contribution in [0, 0.1) is 23.3 Å². The maximum atomic E-state index is 15.3. The Balaban J connectivity index is 0.00000248. The Morgan fingerprint density at radius 2 is 1.63 bits per heavy atom. The SMILES string of the molecule is CSCCN1CCN(c2ccc(Nc3nccc(-c4sc(C(C)C)nc4-c4ccc(F)c(NSc5c(F)cccc5F)c4)n3)cc2F)CC1.OO. The third-order valence-corrected chi connectivity index (χ3v) is 10.9. The van der Waals surface area contributed by atoms with Gasteiger partial charge in [0.15, 0.2) is 0 Å². The summed E-state index contributed by atoms with van der Waals surface area (Å²) in [7, 11) is 0. The van der Waals surface area contributed by atoms with Crippen LogP contribution < -0.4 is 14.9 Å². The van der Waals surface area contributed by atoms with E-state index >= 15 is 4.39 Å². The van der Waals surface area contributed by atoms with E-state index in [-0.39, 0.29) is 28.3 Å². The number of nitrogens with zero attached hydrogens (tertiary/aromatic N) is 5. The number of aromatic nitrogens is 3. The molecule has 2 aromatic heterocycles. The molecule has 0 amide bonds. The summed E-state index contributed by atoms with van der Waals surface area (Å²) in [6.07, 6.45) is 3.72. The van der Waals surface area contributed by atoms with Gasteiger partial charge >= 0.3 is 0 Å². The van der Waals surface area contributed by atoms with Gasteiger partial charge in [-0.05, 0) is 72.8 Å². The van der Waals surface area contributed by atoms with Gasteiger partial charge in [-0.2, -0.15) is 11.8 Å². The van der Waals surface area contributed by atoms with E-state index in [4.69, 9.17) is 20.5 Å². The minimum Gasteiger partial charge on any atom is -0.367 e. The molecule has 6 rings (SSSR count). The van der Waals surface area contributed by atoms with Gasteiger partial charge < -0.3 is 14.9 Å². The second kappa shape index (κ2) is 18.0. The van der Waals surface area contributed by atoms with E-state index in [0.717, 1.165) is 60.5 Å². The molecule has 3 heterocycles. The molecule has 1 aliphatic heterocycles. The van der Waals surface area contributed by atoms with Gasteiger partial charge in [0, 0.05) is 61.8 Å². The van der Waals surface area contributed by atoms with Crippen molar-refractivity contribution in [3.63, 3.8) is 0 Å². The molecule has 0 unspecified atom stereocenters. The Morgan fingerprint density at radius 1 is 0.882 bits per heavy atom. The maximum Gasteiger partial charge on any atom is 0.227 e. The Bertz CT molecular complexity index is 1910. The van der Waals surface area contributed by atoms with E-state index in [1.807, 2.05) is 31.7 Å². The van der Waals surface area contributed by atoms with Crippen LogP contribution in [-0.2, 0) is 0 Å². The zero-order chi connectivity index (χ0) is 36.5. The first-order chi connectivity index (χ1) is 24.7. The topological polar surface area (TPSA) is 110 Å². The number of hydrogen-bond acceptors (Lipinski definition) is 12. The van der Waals surface area contributed by atoms with Crippen LogP contribution in [0.3, 0.4) is 0 Å². The third-order valence-electron chi connectivity index (χ3n) is 7.98. The zero-order valence-corrected chi connectivity index (χ0v) is 30.5. The van der Waals surface area contributed by atoms with Crippen molar-refractivity contribution in [3.05, 3.63) is 95.1 Å². The average Bonchev–Trinajstić information content (AvgIpc) is 3.59. The number of thiazole rings is 1. The van der Waals surface area contributed by atoms with Crippen molar-refractivity contribution in [3.8, 4) is 21.8 Å². The zero-order valence-electron chi connectivity index (χ0n) is 28.0. The van der Waals surface area contributed by atoms with Crippen molar-refractivity contribution in [1.82, 2.24) is 19.9 Å². The molecular weight excluding hydrogens is 723 g/mol. The molecule has 4 N–H and O–H groups in total. The molecule has 0 aliphatic carbocycles. The highest BCUT2D eigenvalue weighted by molar-refractivity contribution is 8.00. The van der Waals surface area contributed by atoms with Crippen molar-refractivity contribution < 1.29 is 28.1 Å². The Kier molecular flexibility index (Phi) is 13.5. The van der Waals surface area contributed by atoms with Gasteiger partial charge in [-0.25, -0.2) is 32.5 Å². The van der Waals surface area contributed by atoms with Crippen LogP contribution in [0.2, 0.25) is 0 Å². The maximum absolute atomic E-state index is 15.3. The smallest absolute Gasteiger partial charge is 0.227 e. The number of halogens is 4. The summed E-state index contributed by atoms with van der Waals surface area (Å²) in [4.78, 5) is 18.9. The predicted molar refractivity (Wildman–Crippen MR) is 200 cm³/mol. The minimum absolute atomic E-state index is 0.0446. The Hall–Kier alpha value is -3.93. The van der Waals surface area contributed by atoms with Gasteiger partial charge in [-0.1, -0.05) is 19.9 Å². The first-order valence-electron chi connectivity index (χ1n) is 15.9. The van der Waals surface area contributed by atoms with Gasteiger partial charge in [0.2, 0.25) is 5.95 Å². The quantitative estimate of drug-likeness (QED) is 0.0423. The number of benzene rings is 3. The summed E-state index contributed by atoms with van der Waals surface area (Å²) < 4.78 is 61.4. The van der Waals surface area contributed by atoms with Crippen LogP contribution in [0.25, 0.3) is 21.8 Å². The lowest BCUT2D eigenvalue weighted by Crippen LogP contribution is -2.47. The molecule has 51 heavy (non-hydrogen) atoms. The molecular formula is C35H37F4N7O2S3. The lowest BCUT2D eigenvalue weighted by atomic mass is 10.1. The summed E-state index contributed by atoms with van der Waals surface area (Å²) in [5.41, 5.74) is 2.88. The summed E-state index contributed by atoms with van der Waals surface area (Å²) in [5, 5.41) is 16.0. The van der Waals surface area contributed by atoms with Crippen LogP contribution in [0.4, 0.5) is 40.6 Å². The van der Waals surface area contributed by atoms with E-state index in [1.54, 1.807) is 30.5 Å². The fourth-order valence-electron chi connectivity index (χ4n) is 5.34. The molecule has 0 atom stereocenters. The normalized spacial score (nSPS) is 13.3. The van der Waals surface area contributed by atoms with Crippen molar-refractivity contribution in [2.75, 3.05) is 59.7 Å². The van der Waals surface area contributed by atoms with Crippen LogP contribution in [-0.4, -0.2) is 75.1 Å². The highest BCUT2D eigenvalue weighted by Gasteiger charge is 2.22. The predicted octanol–water partition coefficient (Wildman–Crippen LogP) is 9.31. The van der Waals surface area contributed by atoms with E-state index in [9.17, 15) is 13.2 Å². The van der Waals surface area contributed by atoms with E-state index < -0.39 is 17.5 Å². The fourth-order valence-corrected chi connectivity index (χ4v) is 7.54. The Morgan fingerprint density at radius 3 is 2.31 bits per heavy atom. The molecule has 0 bridgehead atoms. The van der Waals surface area contributed by atoms with Gasteiger partial charge in [-0.15, -0.1) is 11.3 Å². The summed E-state index contributed by atoms with van der Waals surface area (Å²) in [6.45, 7) is 8.45. The number of piperazine rings is 1. The van der Waals surface area contributed by atoms with E-state index in [0.29, 0.717) is 40.3 Å². The van der Waals surface area contributed by atoms with Crippen molar-refractivity contribution >= 4 is 58.1 Å². The molecule has 1 aliphatic rings. The second-order valence-corrected chi connectivity index (χ2v) is 14.5. The van der Waals surface area contributed by atoms with Gasteiger partial charge in [-0.3, -0.25) is 15.4 Å². The standard InChI is InChI=1S/C35H35F4N7S3.H2O2/c1-21(2)34-43-31(22-7-9-24(36)29(19-22)44-49-32-25(37)5-4-6-26(32)38)33(48-34)28-11-12-40-35(42-28)41-23-8-10-30(27(39)20-23)46-15-13-45(14-16-46)17-18-47-3;1-2/h4-12,19-21,44H,13-18H2,1-3H3,(H,40,41,42);1-2H. The fraction of sp³-hybridized carbons (Fsp3) is 0.286. The van der Waals surface area contributed by atoms with Crippen LogP contribution in [0.15, 0.2) is 71.8 Å². The number of rotatable bonds is 12. The van der Waals surface area contributed by atoms with Crippen LogP contribution >= 0.6 is 35.0 Å². The van der Waals surface area contributed by atoms with Gasteiger partial charge in [0.1, 0.15) is 23.3 Å². The highest BCUT2D eigenvalue weighted by atomic mass is 32.2. The molecule has 9 nitrogen and oxygen atoms in total. The number of anilines is 4. The molecule has 1 saturated heterocycles. The van der Waals surface area contributed by atoms with Gasteiger partial charge in [0.25, 0.3) is 0 Å². The molecule has 16 heteroatoms. The number of nitrogens with one attached hydrogen (secondary N) is 2. The Labute approximate surface area is 306 Å². The third kappa shape index (κ3) is 9.50. The van der Waals surface area contributed by atoms with Crippen molar-refractivity contribution in [1.29, 1.82) is 0 Å². The summed E-state index contributed by atoms with van der Waals surface area (Å²) in [5.74, 6) is -0.931. The van der Waals surface area contributed by atoms with Crippen LogP contribution in [0.5, 0.6) is 0 Å². The molecule has 3 aromatic carbocycles. The molecule has 0 radical (unpaired) electrons. The number of hydrogen-bond donors (Lipinski definition) is 4. The molecule has 0 spiro atoms. The van der Waals surface area contributed by atoms with Crippen LogP contribution in [0.1, 0.15) is 24.8 Å². The lowest BCUT2D eigenvalue weighted by Gasteiger charge is -2.36. The first kappa shape index (κ1) is 38.3. The van der Waals surface area contributed by atoms with E-state index in [2.05, 4.69) is 31.1 Å². The highest BCUT2D eigenvalue weighted by Crippen LogP contribution is 2.40. The molecule has 5 aromatic rings. The van der Waals surface area contributed by atoms with E-state index in [1.165, 1.54) is 29.5 Å².